The van der Waals surface area contributed by atoms with E-state index in [9.17, 15) is 13.2 Å². The smallest absolute Gasteiger partial charge is 0.233 e. The fourth-order valence-corrected chi connectivity index (χ4v) is 6.00. The Morgan fingerprint density at radius 1 is 1.04 bits per heavy atom. The number of sulfone groups is 1. The Kier molecular flexibility index (Phi) is 6.04. The largest absolute Gasteiger partial charge is 0.351 e. The average Bonchev–Trinajstić information content (AvgIpc) is 2.99. The van der Waals surface area contributed by atoms with E-state index in [2.05, 4.69) is 29.6 Å². The Bertz CT molecular complexity index is 798. The SMILES string of the molecule is C[C@H](SC(c1ccccc1)c1ccccc1)C(=O)N[C@@H]1CCS(=O)(=O)C1. The third kappa shape index (κ3) is 4.89. The van der Waals surface area contributed by atoms with Crippen molar-refractivity contribution < 1.29 is 13.2 Å². The van der Waals surface area contributed by atoms with E-state index in [1.807, 2.05) is 43.3 Å². The van der Waals surface area contributed by atoms with E-state index in [0.717, 1.165) is 11.1 Å². The molecule has 3 rings (SSSR count). The van der Waals surface area contributed by atoms with Gasteiger partial charge in [0, 0.05) is 6.04 Å². The zero-order valence-corrected chi connectivity index (χ0v) is 16.3. The van der Waals surface area contributed by atoms with E-state index in [1.165, 1.54) is 0 Å². The maximum Gasteiger partial charge on any atom is 0.233 e. The maximum absolute atomic E-state index is 12.6. The molecule has 0 saturated carbocycles. The van der Waals surface area contributed by atoms with Crippen molar-refractivity contribution in [2.75, 3.05) is 11.5 Å². The molecule has 2 aromatic rings. The van der Waals surface area contributed by atoms with Gasteiger partial charge in [-0.25, -0.2) is 8.42 Å². The molecule has 1 saturated heterocycles. The van der Waals surface area contributed by atoms with Crippen LogP contribution in [0.25, 0.3) is 0 Å². The first-order valence-electron chi connectivity index (χ1n) is 8.71. The van der Waals surface area contributed by atoms with Gasteiger partial charge >= 0.3 is 0 Å². The fourth-order valence-electron chi connectivity index (χ4n) is 3.10. The van der Waals surface area contributed by atoms with E-state index in [-0.39, 0.29) is 34.0 Å². The van der Waals surface area contributed by atoms with Gasteiger partial charge in [-0.1, -0.05) is 60.7 Å². The van der Waals surface area contributed by atoms with E-state index in [4.69, 9.17) is 0 Å². The number of hydrogen-bond acceptors (Lipinski definition) is 4. The minimum atomic E-state index is -3.00. The third-order valence-electron chi connectivity index (χ3n) is 4.49. The van der Waals surface area contributed by atoms with Crippen LogP contribution in [0.2, 0.25) is 0 Å². The molecule has 2 aromatic carbocycles. The van der Waals surface area contributed by atoms with Crippen LogP contribution in [0.5, 0.6) is 0 Å². The molecule has 1 fully saturated rings. The van der Waals surface area contributed by atoms with E-state index < -0.39 is 9.84 Å². The molecule has 1 aliphatic heterocycles. The van der Waals surface area contributed by atoms with E-state index >= 15 is 0 Å². The number of rotatable bonds is 6. The van der Waals surface area contributed by atoms with Gasteiger partial charge in [0.1, 0.15) is 0 Å². The van der Waals surface area contributed by atoms with Crippen LogP contribution in [0.1, 0.15) is 29.7 Å². The number of carbonyl (C=O) groups is 1. The Balaban J connectivity index is 1.71. The number of benzene rings is 2. The fraction of sp³-hybridized carbons (Fsp3) is 0.350. The molecule has 1 amide bonds. The molecular weight excluding hydrogens is 366 g/mol. The summed E-state index contributed by atoms with van der Waals surface area (Å²) in [5, 5.41) is 2.66. The topological polar surface area (TPSA) is 63.2 Å². The molecule has 4 nitrogen and oxygen atoms in total. The Morgan fingerprint density at radius 2 is 1.58 bits per heavy atom. The van der Waals surface area contributed by atoms with E-state index in [1.54, 1.807) is 11.8 Å². The number of carbonyl (C=O) groups excluding carboxylic acids is 1. The summed E-state index contributed by atoms with van der Waals surface area (Å²) in [6, 6.07) is 20.0. The molecule has 2 atom stereocenters. The highest BCUT2D eigenvalue weighted by molar-refractivity contribution is 8.01. The van der Waals surface area contributed by atoms with E-state index in [0.29, 0.717) is 6.42 Å². The summed E-state index contributed by atoms with van der Waals surface area (Å²) in [4.78, 5) is 12.6. The summed E-state index contributed by atoms with van der Waals surface area (Å²) in [6.07, 6.45) is 0.506. The van der Waals surface area contributed by atoms with Crippen LogP contribution in [-0.2, 0) is 14.6 Å². The molecule has 0 aromatic heterocycles. The quantitative estimate of drug-likeness (QED) is 0.824. The zero-order valence-electron chi connectivity index (χ0n) is 14.7. The standard InChI is InChI=1S/C20H23NO3S2/c1-15(20(22)21-18-12-13-26(23,24)14-18)25-19(16-8-4-2-5-9-16)17-10-6-3-7-11-17/h2-11,15,18-19H,12-14H2,1H3,(H,21,22)/t15-,18+/m0/s1. The Morgan fingerprint density at radius 3 is 2.04 bits per heavy atom. The summed E-state index contributed by atoms with van der Waals surface area (Å²) in [7, 11) is -3.00. The normalized spacial score (nSPS) is 20.0. The van der Waals surface area contributed by atoms with Crippen molar-refractivity contribution in [2.45, 2.75) is 29.9 Å². The van der Waals surface area contributed by atoms with Crippen molar-refractivity contribution in [2.24, 2.45) is 0 Å². The summed E-state index contributed by atoms with van der Waals surface area (Å²) >= 11 is 1.58. The molecule has 1 aliphatic rings. The molecule has 0 spiro atoms. The lowest BCUT2D eigenvalue weighted by atomic mass is 10.0. The molecule has 26 heavy (non-hydrogen) atoms. The molecular formula is C20H23NO3S2. The van der Waals surface area contributed by atoms with Crippen molar-refractivity contribution in [1.29, 1.82) is 0 Å². The maximum atomic E-state index is 12.6. The molecule has 0 bridgehead atoms. The Hall–Kier alpha value is -1.79. The number of amides is 1. The predicted octanol–water partition coefficient (Wildman–Crippen LogP) is 3.20. The van der Waals surface area contributed by atoms with Gasteiger partial charge in [0.05, 0.1) is 22.0 Å². The van der Waals surface area contributed by atoms with Crippen LogP contribution in [0, 0.1) is 0 Å². The number of nitrogens with one attached hydrogen (secondary N) is 1. The molecule has 1 N–H and O–H groups in total. The van der Waals surface area contributed by atoms with Crippen LogP contribution >= 0.6 is 11.8 Å². The van der Waals surface area contributed by atoms with Gasteiger partial charge in [0.2, 0.25) is 5.91 Å². The van der Waals surface area contributed by atoms with Gasteiger partial charge < -0.3 is 5.32 Å². The molecule has 0 unspecified atom stereocenters. The first kappa shape index (κ1) is 19.0. The Labute approximate surface area is 159 Å². The summed E-state index contributed by atoms with van der Waals surface area (Å²) in [5.74, 6) is 0.113. The molecule has 0 aliphatic carbocycles. The highest BCUT2D eigenvalue weighted by atomic mass is 32.2. The second kappa shape index (κ2) is 8.27. The van der Waals surface area contributed by atoms with Gasteiger partial charge in [-0.15, -0.1) is 11.8 Å². The zero-order chi connectivity index (χ0) is 18.6. The number of thioether (sulfide) groups is 1. The molecule has 1 heterocycles. The summed E-state index contributed by atoms with van der Waals surface area (Å²) in [6.45, 7) is 1.88. The predicted molar refractivity (Wildman–Crippen MR) is 107 cm³/mol. The van der Waals surface area contributed by atoms with Crippen molar-refractivity contribution in [3.05, 3.63) is 71.8 Å². The minimum Gasteiger partial charge on any atom is -0.351 e. The molecule has 0 radical (unpaired) electrons. The van der Waals surface area contributed by atoms with Gasteiger partial charge in [0.25, 0.3) is 0 Å². The highest BCUT2D eigenvalue weighted by Crippen LogP contribution is 2.38. The lowest BCUT2D eigenvalue weighted by Crippen LogP contribution is -2.40. The van der Waals surface area contributed by atoms with Crippen LogP contribution in [0.3, 0.4) is 0 Å². The monoisotopic (exact) mass is 389 g/mol. The average molecular weight is 390 g/mol. The summed E-state index contributed by atoms with van der Waals surface area (Å²) in [5.41, 5.74) is 2.29. The third-order valence-corrected chi connectivity index (χ3v) is 7.70. The lowest BCUT2D eigenvalue weighted by Gasteiger charge is -2.22. The van der Waals surface area contributed by atoms with Gasteiger partial charge in [-0.05, 0) is 24.5 Å². The van der Waals surface area contributed by atoms with Crippen molar-refractivity contribution in [1.82, 2.24) is 5.32 Å². The second-order valence-electron chi connectivity index (χ2n) is 6.59. The summed E-state index contributed by atoms with van der Waals surface area (Å²) < 4.78 is 23.2. The molecule has 138 valence electrons. The first-order valence-corrected chi connectivity index (χ1v) is 11.5. The van der Waals surface area contributed by atoms with Crippen molar-refractivity contribution >= 4 is 27.5 Å². The van der Waals surface area contributed by atoms with Crippen LogP contribution in [0.15, 0.2) is 60.7 Å². The van der Waals surface area contributed by atoms with Crippen LogP contribution in [0.4, 0.5) is 0 Å². The van der Waals surface area contributed by atoms with Crippen LogP contribution < -0.4 is 5.32 Å². The van der Waals surface area contributed by atoms with Gasteiger partial charge in [-0.2, -0.15) is 0 Å². The second-order valence-corrected chi connectivity index (χ2v) is 10.3. The number of hydrogen-bond donors (Lipinski definition) is 1. The van der Waals surface area contributed by atoms with Gasteiger partial charge in [0.15, 0.2) is 9.84 Å². The highest BCUT2D eigenvalue weighted by Gasteiger charge is 2.31. The van der Waals surface area contributed by atoms with Crippen molar-refractivity contribution in [3.8, 4) is 0 Å². The lowest BCUT2D eigenvalue weighted by molar-refractivity contribution is -0.120. The van der Waals surface area contributed by atoms with Crippen molar-refractivity contribution in [3.63, 3.8) is 0 Å². The first-order chi connectivity index (χ1) is 12.4. The van der Waals surface area contributed by atoms with Gasteiger partial charge in [-0.3, -0.25) is 4.79 Å². The van der Waals surface area contributed by atoms with Crippen LogP contribution in [-0.4, -0.2) is 37.1 Å². The minimum absolute atomic E-state index is 0.0467. The molecule has 6 heteroatoms.